The largest absolute Gasteiger partial charge is 0.324 e. The van der Waals surface area contributed by atoms with Crippen LogP contribution >= 0.6 is 50.9 Å². The number of benzene rings is 2. The number of thioether (sulfide) groups is 1. The van der Waals surface area contributed by atoms with E-state index in [1.54, 1.807) is 12.1 Å². The Morgan fingerprint density at radius 2 is 1.93 bits per heavy atom. The first-order valence-electron chi connectivity index (χ1n) is 8.54. The number of rotatable bonds is 7. The van der Waals surface area contributed by atoms with E-state index in [2.05, 4.69) is 38.4 Å². The van der Waals surface area contributed by atoms with Gasteiger partial charge in [0.05, 0.1) is 16.5 Å². The lowest BCUT2D eigenvalue weighted by atomic mass is 10.2. The van der Waals surface area contributed by atoms with Crippen molar-refractivity contribution in [1.29, 1.82) is 0 Å². The van der Waals surface area contributed by atoms with Crippen molar-refractivity contribution < 1.29 is 4.79 Å². The SMILES string of the molecule is CCCn1c(SCC(=O)Nc2ccc(Br)cc2Cl)nnc1-c1ccc(Cl)cc1. The molecule has 0 spiro atoms. The molecular weight excluding hydrogens is 483 g/mol. The standard InChI is InChI=1S/C19H17BrCl2N4OS/c1-2-9-26-18(12-3-6-14(21)7-4-12)24-25-19(26)28-11-17(27)23-16-8-5-13(20)10-15(16)22/h3-8,10H,2,9,11H2,1H3,(H,23,27). The third kappa shape index (κ3) is 5.29. The lowest BCUT2D eigenvalue weighted by molar-refractivity contribution is -0.113. The van der Waals surface area contributed by atoms with E-state index >= 15 is 0 Å². The molecule has 28 heavy (non-hydrogen) atoms. The first kappa shape index (κ1) is 21.2. The summed E-state index contributed by atoms with van der Waals surface area (Å²) in [4.78, 5) is 12.3. The third-order valence-electron chi connectivity index (χ3n) is 3.80. The summed E-state index contributed by atoms with van der Waals surface area (Å²) in [5.74, 6) is 0.806. The van der Waals surface area contributed by atoms with Crippen molar-refractivity contribution in [2.45, 2.75) is 25.0 Å². The second-order valence-corrected chi connectivity index (χ2v) is 8.63. The molecular formula is C19H17BrCl2N4OS. The van der Waals surface area contributed by atoms with Gasteiger partial charge in [-0.2, -0.15) is 0 Å². The van der Waals surface area contributed by atoms with Gasteiger partial charge in [-0.25, -0.2) is 0 Å². The van der Waals surface area contributed by atoms with Crippen molar-refractivity contribution >= 4 is 62.5 Å². The highest BCUT2D eigenvalue weighted by Gasteiger charge is 2.15. The summed E-state index contributed by atoms with van der Waals surface area (Å²) in [6.45, 7) is 2.84. The van der Waals surface area contributed by atoms with Crippen LogP contribution in [-0.2, 0) is 11.3 Å². The molecule has 3 rings (SSSR count). The van der Waals surface area contributed by atoms with Gasteiger partial charge in [0.2, 0.25) is 5.91 Å². The fraction of sp³-hybridized carbons (Fsp3) is 0.211. The van der Waals surface area contributed by atoms with E-state index in [1.165, 1.54) is 11.8 Å². The minimum atomic E-state index is -0.159. The molecule has 0 aliphatic carbocycles. The molecule has 0 aliphatic heterocycles. The number of halogens is 3. The fourth-order valence-electron chi connectivity index (χ4n) is 2.54. The molecule has 0 saturated carbocycles. The predicted molar refractivity (Wildman–Crippen MR) is 119 cm³/mol. The van der Waals surface area contributed by atoms with Gasteiger partial charge in [0.15, 0.2) is 11.0 Å². The monoisotopic (exact) mass is 498 g/mol. The topological polar surface area (TPSA) is 59.8 Å². The van der Waals surface area contributed by atoms with Gasteiger partial charge in [-0.3, -0.25) is 4.79 Å². The third-order valence-corrected chi connectivity index (χ3v) is 5.83. The Bertz CT molecular complexity index is 979. The zero-order chi connectivity index (χ0) is 20.1. The van der Waals surface area contributed by atoms with Crippen molar-refractivity contribution in [2.75, 3.05) is 11.1 Å². The second kappa shape index (κ2) is 9.78. The minimum Gasteiger partial charge on any atom is -0.324 e. The van der Waals surface area contributed by atoms with Crippen LogP contribution in [0.1, 0.15) is 13.3 Å². The van der Waals surface area contributed by atoms with Crippen LogP contribution in [0.25, 0.3) is 11.4 Å². The van der Waals surface area contributed by atoms with Crippen molar-refractivity contribution in [2.24, 2.45) is 0 Å². The molecule has 3 aromatic rings. The molecule has 0 atom stereocenters. The summed E-state index contributed by atoms with van der Waals surface area (Å²) in [6.07, 6.45) is 0.923. The number of nitrogens with zero attached hydrogens (tertiary/aromatic N) is 3. The molecule has 1 heterocycles. The van der Waals surface area contributed by atoms with Gasteiger partial charge in [-0.1, -0.05) is 57.8 Å². The molecule has 0 bridgehead atoms. The summed E-state index contributed by atoms with van der Waals surface area (Å²) in [6, 6.07) is 12.8. The number of amides is 1. The number of carbonyl (C=O) groups excluding carboxylic acids is 1. The average molecular weight is 500 g/mol. The van der Waals surface area contributed by atoms with Crippen molar-refractivity contribution in [3.05, 3.63) is 57.0 Å². The van der Waals surface area contributed by atoms with Crippen LogP contribution in [0.15, 0.2) is 52.1 Å². The Labute approximate surface area is 186 Å². The smallest absolute Gasteiger partial charge is 0.234 e. The number of nitrogens with one attached hydrogen (secondary N) is 1. The van der Waals surface area contributed by atoms with Gasteiger partial charge < -0.3 is 9.88 Å². The Kier molecular flexibility index (Phi) is 7.40. The molecule has 0 saturated heterocycles. The Morgan fingerprint density at radius 3 is 2.61 bits per heavy atom. The quantitative estimate of drug-likeness (QED) is 0.395. The number of hydrogen-bond donors (Lipinski definition) is 1. The normalized spacial score (nSPS) is 10.9. The van der Waals surface area contributed by atoms with Gasteiger partial charge in [-0.15, -0.1) is 10.2 Å². The highest BCUT2D eigenvalue weighted by molar-refractivity contribution is 9.10. The van der Waals surface area contributed by atoms with Crippen molar-refractivity contribution in [3.63, 3.8) is 0 Å². The van der Waals surface area contributed by atoms with E-state index in [9.17, 15) is 4.79 Å². The van der Waals surface area contributed by atoms with Gasteiger partial charge in [-0.05, 0) is 48.9 Å². The molecule has 1 amide bonds. The zero-order valence-corrected chi connectivity index (χ0v) is 18.9. The fourth-order valence-corrected chi connectivity index (χ4v) is 4.15. The number of carbonyl (C=O) groups is 1. The van der Waals surface area contributed by atoms with Gasteiger partial charge in [0.1, 0.15) is 0 Å². The lowest BCUT2D eigenvalue weighted by Gasteiger charge is -2.10. The van der Waals surface area contributed by atoms with E-state index < -0.39 is 0 Å². The van der Waals surface area contributed by atoms with Crippen LogP contribution in [0.2, 0.25) is 10.0 Å². The van der Waals surface area contributed by atoms with Gasteiger partial charge >= 0.3 is 0 Å². The summed E-state index contributed by atoms with van der Waals surface area (Å²) >= 11 is 16.8. The number of hydrogen-bond acceptors (Lipinski definition) is 4. The molecule has 2 aromatic carbocycles. The Hall–Kier alpha value is -1.54. The van der Waals surface area contributed by atoms with Crippen LogP contribution in [0.5, 0.6) is 0 Å². The Balaban J connectivity index is 1.71. The Morgan fingerprint density at radius 1 is 1.18 bits per heavy atom. The molecule has 0 fully saturated rings. The lowest BCUT2D eigenvalue weighted by Crippen LogP contribution is -2.15. The number of anilines is 1. The summed E-state index contributed by atoms with van der Waals surface area (Å²) < 4.78 is 2.88. The predicted octanol–water partition coefficient (Wildman–Crippen LogP) is 6.16. The molecule has 1 aromatic heterocycles. The molecule has 0 aliphatic rings. The van der Waals surface area contributed by atoms with Crippen molar-refractivity contribution in [3.8, 4) is 11.4 Å². The molecule has 1 N–H and O–H groups in total. The maximum Gasteiger partial charge on any atom is 0.234 e. The van der Waals surface area contributed by atoms with E-state index in [0.717, 1.165) is 28.8 Å². The summed E-state index contributed by atoms with van der Waals surface area (Å²) in [5, 5.41) is 13.2. The highest BCUT2D eigenvalue weighted by atomic mass is 79.9. The molecule has 0 radical (unpaired) electrons. The van der Waals surface area contributed by atoms with Gasteiger partial charge in [0.25, 0.3) is 0 Å². The van der Waals surface area contributed by atoms with Crippen LogP contribution in [-0.4, -0.2) is 26.4 Å². The first-order chi connectivity index (χ1) is 13.5. The maximum absolute atomic E-state index is 12.3. The van der Waals surface area contributed by atoms with E-state index in [4.69, 9.17) is 23.2 Å². The van der Waals surface area contributed by atoms with Crippen LogP contribution < -0.4 is 5.32 Å². The minimum absolute atomic E-state index is 0.159. The molecule has 146 valence electrons. The molecule has 5 nitrogen and oxygen atoms in total. The average Bonchev–Trinajstić information content (AvgIpc) is 3.06. The second-order valence-electron chi connectivity index (χ2n) is 5.93. The highest BCUT2D eigenvalue weighted by Crippen LogP contribution is 2.27. The van der Waals surface area contributed by atoms with Gasteiger partial charge in [0, 0.05) is 21.6 Å². The van der Waals surface area contributed by atoms with E-state index in [0.29, 0.717) is 20.9 Å². The molecule has 0 unspecified atom stereocenters. The maximum atomic E-state index is 12.3. The zero-order valence-electron chi connectivity index (χ0n) is 15.0. The first-order valence-corrected chi connectivity index (χ1v) is 11.1. The summed E-state index contributed by atoms with van der Waals surface area (Å²) in [7, 11) is 0. The number of aromatic nitrogens is 3. The van der Waals surface area contributed by atoms with Crippen LogP contribution in [0.3, 0.4) is 0 Å². The molecule has 9 heteroatoms. The van der Waals surface area contributed by atoms with Crippen LogP contribution in [0, 0.1) is 0 Å². The van der Waals surface area contributed by atoms with Crippen molar-refractivity contribution in [1.82, 2.24) is 14.8 Å². The van der Waals surface area contributed by atoms with E-state index in [1.807, 2.05) is 34.9 Å². The van der Waals surface area contributed by atoms with Crippen LogP contribution in [0.4, 0.5) is 5.69 Å². The van der Waals surface area contributed by atoms with E-state index in [-0.39, 0.29) is 11.7 Å². The summed E-state index contributed by atoms with van der Waals surface area (Å²) in [5.41, 5.74) is 1.51.